The fourth-order valence-corrected chi connectivity index (χ4v) is 2.24. The zero-order chi connectivity index (χ0) is 13.7. The number of rotatable bonds is 6. The average Bonchev–Trinajstić information content (AvgIpc) is 2.38. The predicted molar refractivity (Wildman–Crippen MR) is 75.4 cm³/mol. The molecule has 1 aromatic rings. The molecule has 0 spiro atoms. The Bertz CT molecular complexity index is 390. The van der Waals surface area contributed by atoms with Crippen molar-refractivity contribution in [1.82, 2.24) is 5.32 Å². The number of hydrogen-bond donors (Lipinski definition) is 1. The van der Waals surface area contributed by atoms with E-state index in [9.17, 15) is 0 Å². The van der Waals surface area contributed by atoms with Gasteiger partial charge in [-0.2, -0.15) is 0 Å². The molecule has 3 nitrogen and oxygen atoms in total. The minimum absolute atomic E-state index is 0.240. The zero-order valence-electron chi connectivity index (χ0n) is 12.3. The van der Waals surface area contributed by atoms with Crippen molar-refractivity contribution in [3.05, 3.63) is 28.8 Å². The first-order valence-electron chi connectivity index (χ1n) is 6.38. The lowest BCUT2D eigenvalue weighted by atomic mass is 9.94. The van der Waals surface area contributed by atoms with Gasteiger partial charge < -0.3 is 14.8 Å². The van der Waals surface area contributed by atoms with E-state index in [1.54, 1.807) is 14.2 Å². The SMILES string of the molecule is CNC(CC(C)OC)c1cc(C)c(OC)cc1C. The van der Waals surface area contributed by atoms with Crippen LogP contribution in [0, 0.1) is 13.8 Å². The molecular formula is C15H25NO2. The maximum atomic E-state index is 5.35. The number of aryl methyl sites for hydroxylation is 2. The molecule has 1 rings (SSSR count). The summed E-state index contributed by atoms with van der Waals surface area (Å²) < 4.78 is 10.7. The molecule has 0 heterocycles. The lowest BCUT2D eigenvalue weighted by Gasteiger charge is -2.23. The van der Waals surface area contributed by atoms with E-state index in [4.69, 9.17) is 9.47 Å². The third kappa shape index (κ3) is 3.47. The molecule has 0 saturated heterocycles. The summed E-state index contributed by atoms with van der Waals surface area (Å²) in [5.41, 5.74) is 3.74. The highest BCUT2D eigenvalue weighted by molar-refractivity contribution is 5.42. The van der Waals surface area contributed by atoms with Crippen LogP contribution in [0.5, 0.6) is 5.75 Å². The summed E-state index contributed by atoms with van der Waals surface area (Å²) in [7, 11) is 5.46. The molecule has 0 aliphatic carbocycles. The van der Waals surface area contributed by atoms with Crippen LogP contribution in [0.2, 0.25) is 0 Å². The second-order valence-corrected chi connectivity index (χ2v) is 4.80. The summed E-state index contributed by atoms with van der Waals surface area (Å²) in [6.45, 7) is 6.30. The Kier molecular flexibility index (Phi) is 5.63. The van der Waals surface area contributed by atoms with Crippen LogP contribution in [0.3, 0.4) is 0 Å². The van der Waals surface area contributed by atoms with Gasteiger partial charge in [-0.3, -0.25) is 0 Å². The summed E-state index contributed by atoms with van der Waals surface area (Å²) in [6, 6.07) is 4.62. The molecule has 0 aliphatic heterocycles. The van der Waals surface area contributed by atoms with E-state index >= 15 is 0 Å². The summed E-state index contributed by atoms with van der Waals surface area (Å²) in [4.78, 5) is 0. The van der Waals surface area contributed by atoms with Crippen molar-refractivity contribution < 1.29 is 9.47 Å². The molecule has 0 aromatic heterocycles. The van der Waals surface area contributed by atoms with Crippen molar-refractivity contribution in [3.63, 3.8) is 0 Å². The third-order valence-corrected chi connectivity index (χ3v) is 3.48. The summed E-state index contributed by atoms with van der Waals surface area (Å²) >= 11 is 0. The lowest BCUT2D eigenvalue weighted by molar-refractivity contribution is 0.101. The van der Waals surface area contributed by atoms with Gasteiger partial charge in [-0.05, 0) is 57.0 Å². The van der Waals surface area contributed by atoms with Crippen LogP contribution < -0.4 is 10.1 Å². The Hall–Kier alpha value is -1.06. The van der Waals surface area contributed by atoms with Gasteiger partial charge in [0.05, 0.1) is 13.2 Å². The van der Waals surface area contributed by atoms with Gasteiger partial charge in [-0.1, -0.05) is 6.07 Å². The first-order chi connectivity index (χ1) is 8.53. The molecule has 0 bridgehead atoms. The van der Waals surface area contributed by atoms with Gasteiger partial charge in [0.2, 0.25) is 0 Å². The number of hydrogen-bond acceptors (Lipinski definition) is 3. The van der Waals surface area contributed by atoms with Crippen molar-refractivity contribution in [2.45, 2.75) is 39.3 Å². The molecule has 0 saturated carbocycles. The summed E-state index contributed by atoms with van der Waals surface area (Å²) in [6.07, 6.45) is 1.20. The van der Waals surface area contributed by atoms with E-state index in [2.05, 4.69) is 38.2 Å². The molecule has 0 fully saturated rings. The fraction of sp³-hybridized carbons (Fsp3) is 0.600. The molecule has 2 unspecified atom stereocenters. The molecule has 2 atom stereocenters. The molecule has 18 heavy (non-hydrogen) atoms. The van der Waals surface area contributed by atoms with E-state index < -0.39 is 0 Å². The summed E-state index contributed by atoms with van der Waals surface area (Å²) in [5, 5.41) is 3.37. The number of ether oxygens (including phenoxy) is 2. The van der Waals surface area contributed by atoms with Crippen LogP contribution in [0.25, 0.3) is 0 Å². The average molecular weight is 251 g/mol. The lowest BCUT2D eigenvalue weighted by Crippen LogP contribution is -2.23. The first-order valence-corrected chi connectivity index (χ1v) is 6.38. The highest BCUT2D eigenvalue weighted by atomic mass is 16.5. The Morgan fingerprint density at radius 1 is 1.17 bits per heavy atom. The molecular weight excluding hydrogens is 226 g/mol. The predicted octanol–water partition coefficient (Wildman–Crippen LogP) is 3.00. The van der Waals surface area contributed by atoms with Gasteiger partial charge in [0.15, 0.2) is 0 Å². The molecule has 1 aromatic carbocycles. The topological polar surface area (TPSA) is 30.5 Å². The fourth-order valence-electron chi connectivity index (χ4n) is 2.24. The van der Waals surface area contributed by atoms with E-state index in [0.717, 1.165) is 12.2 Å². The van der Waals surface area contributed by atoms with Gasteiger partial charge in [0.1, 0.15) is 5.75 Å². The van der Waals surface area contributed by atoms with Crippen LogP contribution in [0.15, 0.2) is 12.1 Å². The minimum atomic E-state index is 0.240. The molecule has 102 valence electrons. The van der Waals surface area contributed by atoms with Crippen molar-refractivity contribution in [2.24, 2.45) is 0 Å². The van der Waals surface area contributed by atoms with Crippen LogP contribution in [0.1, 0.15) is 36.1 Å². The third-order valence-electron chi connectivity index (χ3n) is 3.48. The first kappa shape index (κ1) is 15.0. The number of nitrogens with one attached hydrogen (secondary N) is 1. The van der Waals surface area contributed by atoms with E-state index in [0.29, 0.717) is 6.04 Å². The molecule has 3 heteroatoms. The standard InChI is InChI=1S/C15H25NO2/c1-10-8-15(18-6)11(2)7-13(10)14(16-4)9-12(3)17-5/h7-8,12,14,16H,9H2,1-6H3. The Morgan fingerprint density at radius 3 is 2.33 bits per heavy atom. The van der Waals surface area contributed by atoms with E-state index in [-0.39, 0.29) is 6.10 Å². The smallest absolute Gasteiger partial charge is 0.122 e. The Labute approximate surface area is 110 Å². The van der Waals surface area contributed by atoms with Crippen LogP contribution in [-0.2, 0) is 4.74 Å². The molecule has 0 amide bonds. The van der Waals surface area contributed by atoms with Gasteiger partial charge in [-0.15, -0.1) is 0 Å². The summed E-state index contributed by atoms with van der Waals surface area (Å²) in [5.74, 6) is 0.950. The van der Waals surface area contributed by atoms with Crippen molar-refractivity contribution in [3.8, 4) is 5.75 Å². The van der Waals surface area contributed by atoms with E-state index in [1.165, 1.54) is 16.7 Å². The number of benzene rings is 1. The molecule has 0 radical (unpaired) electrons. The van der Waals surface area contributed by atoms with Gasteiger partial charge in [0.25, 0.3) is 0 Å². The molecule has 1 N–H and O–H groups in total. The van der Waals surface area contributed by atoms with Crippen LogP contribution >= 0.6 is 0 Å². The monoisotopic (exact) mass is 251 g/mol. The van der Waals surface area contributed by atoms with Gasteiger partial charge in [-0.25, -0.2) is 0 Å². The second-order valence-electron chi connectivity index (χ2n) is 4.80. The highest BCUT2D eigenvalue weighted by Gasteiger charge is 2.16. The second kappa shape index (κ2) is 6.76. The van der Waals surface area contributed by atoms with Crippen molar-refractivity contribution in [1.29, 1.82) is 0 Å². The van der Waals surface area contributed by atoms with Crippen LogP contribution in [0.4, 0.5) is 0 Å². The number of methoxy groups -OCH3 is 2. The maximum Gasteiger partial charge on any atom is 0.122 e. The quantitative estimate of drug-likeness (QED) is 0.843. The largest absolute Gasteiger partial charge is 0.496 e. The maximum absolute atomic E-state index is 5.35. The van der Waals surface area contributed by atoms with Crippen LogP contribution in [-0.4, -0.2) is 27.4 Å². The minimum Gasteiger partial charge on any atom is -0.496 e. The Balaban J connectivity index is 3.02. The Morgan fingerprint density at radius 2 is 1.83 bits per heavy atom. The normalized spacial score (nSPS) is 14.3. The zero-order valence-corrected chi connectivity index (χ0v) is 12.3. The van der Waals surface area contributed by atoms with Gasteiger partial charge >= 0.3 is 0 Å². The molecule has 0 aliphatic rings. The van der Waals surface area contributed by atoms with Crippen molar-refractivity contribution in [2.75, 3.05) is 21.3 Å². The van der Waals surface area contributed by atoms with Crippen molar-refractivity contribution >= 4 is 0 Å². The highest BCUT2D eigenvalue weighted by Crippen LogP contribution is 2.28. The van der Waals surface area contributed by atoms with Gasteiger partial charge in [0, 0.05) is 13.2 Å². The van der Waals surface area contributed by atoms with E-state index in [1.807, 2.05) is 7.05 Å².